The Labute approximate surface area is 192 Å². The third-order valence-corrected chi connectivity index (χ3v) is 5.24. The summed E-state index contributed by atoms with van der Waals surface area (Å²) in [6.45, 7) is 7.87. The molecule has 4 heteroatoms. The predicted octanol–water partition coefficient (Wildman–Crippen LogP) is 6.86. The first-order valence-electron chi connectivity index (χ1n) is 11.5. The molecule has 0 amide bonds. The third-order valence-electron chi connectivity index (χ3n) is 5.24. The molecule has 3 nitrogen and oxygen atoms in total. The Morgan fingerprint density at radius 3 is 2.16 bits per heavy atom. The van der Waals surface area contributed by atoms with Gasteiger partial charge in [-0.25, -0.2) is 4.39 Å². The van der Waals surface area contributed by atoms with Crippen LogP contribution in [0.25, 0.3) is 0 Å². The lowest BCUT2D eigenvalue weighted by atomic mass is 9.96. The maximum Gasteiger partial charge on any atom is 0.308 e. The summed E-state index contributed by atoms with van der Waals surface area (Å²) < 4.78 is 28.8. The van der Waals surface area contributed by atoms with E-state index in [4.69, 9.17) is 6.11 Å². The third kappa shape index (κ3) is 6.76. The van der Waals surface area contributed by atoms with E-state index in [9.17, 15) is 9.18 Å². The Morgan fingerprint density at radius 1 is 0.969 bits per heavy atom. The van der Waals surface area contributed by atoms with E-state index in [-0.39, 0.29) is 6.04 Å². The van der Waals surface area contributed by atoms with Gasteiger partial charge in [-0.1, -0.05) is 72.8 Å². The fourth-order valence-electron chi connectivity index (χ4n) is 3.73. The number of rotatable bonds is 8. The number of halogens is 1. The normalized spacial score (nSPS) is 15.0. The summed E-state index contributed by atoms with van der Waals surface area (Å²) >= 11 is 0. The van der Waals surface area contributed by atoms with Crippen LogP contribution in [-0.4, -0.2) is 16.5 Å². The van der Waals surface area contributed by atoms with Crippen molar-refractivity contribution >= 4 is 5.97 Å². The fourth-order valence-corrected chi connectivity index (χ4v) is 3.73. The van der Waals surface area contributed by atoms with Crippen molar-refractivity contribution in [3.05, 3.63) is 107 Å². The van der Waals surface area contributed by atoms with Gasteiger partial charge >= 0.3 is 5.97 Å². The number of nitrogens with zero attached hydrogens (tertiary/aromatic N) is 1. The molecular formula is C28H32FNO2. The number of benzene rings is 3. The molecule has 0 unspecified atom stereocenters. The number of carbonyl (C=O) groups excluding carboxylic acids is 1. The highest BCUT2D eigenvalue weighted by atomic mass is 19.1. The average molecular weight is 435 g/mol. The molecule has 0 bridgehead atoms. The van der Waals surface area contributed by atoms with Crippen LogP contribution in [0, 0.1) is 5.82 Å². The van der Waals surface area contributed by atoms with Gasteiger partial charge in [-0.15, -0.1) is 0 Å². The lowest BCUT2D eigenvalue weighted by molar-refractivity contribution is -0.156. The summed E-state index contributed by atoms with van der Waals surface area (Å²) in [5.74, 6) is -1.03. The van der Waals surface area contributed by atoms with Gasteiger partial charge in [0.25, 0.3) is 0 Å². The van der Waals surface area contributed by atoms with Gasteiger partial charge in [0, 0.05) is 20.0 Å². The summed E-state index contributed by atoms with van der Waals surface area (Å²) in [4.78, 5) is 15.1. The summed E-state index contributed by atoms with van der Waals surface area (Å²) in [6, 6.07) is 25.2. The Morgan fingerprint density at radius 2 is 1.56 bits per heavy atom. The second-order valence-electron chi connectivity index (χ2n) is 8.94. The van der Waals surface area contributed by atoms with Crippen molar-refractivity contribution in [1.29, 1.82) is 0 Å². The van der Waals surface area contributed by atoms with Crippen LogP contribution in [0.1, 0.15) is 64.2 Å². The lowest BCUT2D eigenvalue weighted by Gasteiger charge is -2.37. The van der Waals surface area contributed by atoms with Crippen LogP contribution in [0.15, 0.2) is 84.9 Å². The maximum atomic E-state index is 14.3. The molecule has 0 heterocycles. The van der Waals surface area contributed by atoms with Crippen LogP contribution in [0.2, 0.25) is 0 Å². The monoisotopic (exact) mass is 434 g/mol. The van der Waals surface area contributed by atoms with E-state index in [1.807, 2.05) is 67.6 Å². The molecule has 3 rings (SSSR count). The van der Waals surface area contributed by atoms with E-state index in [0.717, 1.165) is 11.1 Å². The number of hydrogen-bond donors (Lipinski definition) is 0. The smallest absolute Gasteiger partial charge is 0.308 e. The molecule has 32 heavy (non-hydrogen) atoms. The Kier molecular flexibility index (Phi) is 7.33. The maximum absolute atomic E-state index is 14.3. The van der Waals surface area contributed by atoms with Crippen molar-refractivity contribution in [1.82, 2.24) is 4.90 Å². The number of carbonyl (C=O) groups is 1. The second-order valence-corrected chi connectivity index (χ2v) is 8.94. The highest BCUT2D eigenvalue weighted by molar-refractivity contribution is 5.71. The molecule has 3 aromatic rings. The summed E-state index contributed by atoms with van der Waals surface area (Å²) in [7, 11) is 0. The first-order chi connectivity index (χ1) is 15.7. The van der Waals surface area contributed by atoms with E-state index in [0.29, 0.717) is 12.1 Å². The molecule has 0 aliphatic carbocycles. The van der Waals surface area contributed by atoms with Crippen molar-refractivity contribution in [2.24, 2.45) is 0 Å². The van der Waals surface area contributed by atoms with Gasteiger partial charge in [-0.05, 0) is 56.5 Å². The van der Waals surface area contributed by atoms with Gasteiger partial charge in [0.2, 0.25) is 0 Å². The molecule has 168 valence electrons. The standard InChI is InChI=1S/C28H32FNO2/c1-21(23-14-9-6-10-15-23)30(20-22-12-7-5-8-13-22)26(19-27(31)32-28(2,3)4)24-16-11-17-25(29)18-24/h5-18,21,26H,19-20H2,1-4H3/t21-,26+/m0/s1/i19D/t19-,21-,26+. The first-order valence-corrected chi connectivity index (χ1v) is 10.9. The van der Waals surface area contributed by atoms with Crippen molar-refractivity contribution in [2.75, 3.05) is 0 Å². The summed E-state index contributed by atoms with van der Waals surface area (Å²) in [5.41, 5.74) is 1.93. The Balaban J connectivity index is 2.10. The highest BCUT2D eigenvalue weighted by Crippen LogP contribution is 2.35. The molecule has 0 saturated heterocycles. The topological polar surface area (TPSA) is 29.5 Å². The minimum absolute atomic E-state index is 0.144. The molecule has 0 fully saturated rings. The Bertz CT molecular complexity index is 1040. The van der Waals surface area contributed by atoms with Gasteiger partial charge < -0.3 is 4.74 Å². The fraction of sp³-hybridized carbons (Fsp3) is 0.321. The number of hydrogen-bond acceptors (Lipinski definition) is 3. The van der Waals surface area contributed by atoms with Crippen LogP contribution >= 0.6 is 0 Å². The first kappa shape index (κ1) is 22.2. The van der Waals surface area contributed by atoms with Gasteiger partial charge in [0.15, 0.2) is 0 Å². The lowest BCUT2D eigenvalue weighted by Crippen LogP contribution is -2.34. The molecular weight excluding hydrogens is 401 g/mol. The molecule has 3 aromatic carbocycles. The minimum atomic E-state index is -1.26. The van der Waals surface area contributed by atoms with Crippen molar-refractivity contribution in [3.63, 3.8) is 0 Å². The molecule has 0 aliphatic heterocycles. The van der Waals surface area contributed by atoms with Gasteiger partial charge in [-0.3, -0.25) is 9.69 Å². The van der Waals surface area contributed by atoms with Crippen LogP contribution in [0.3, 0.4) is 0 Å². The van der Waals surface area contributed by atoms with Crippen molar-refractivity contribution in [2.45, 2.75) is 58.3 Å². The summed E-state index contributed by atoms with van der Waals surface area (Å²) in [5, 5.41) is 0. The molecule has 0 spiro atoms. The zero-order valence-corrected chi connectivity index (χ0v) is 19.2. The molecule has 0 aliphatic rings. The van der Waals surface area contributed by atoms with Crippen molar-refractivity contribution in [3.8, 4) is 0 Å². The zero-order chi connectivity index (χ0) is 24.0. The predicted molar refractivity (Wildman–Crippen MR) is 126 cm³/mol. The molecule has 0 N–H and O–H groups in total. The molecule has 0 aromatic heterocycles. The SMILES string of the molecule is [2H][C@H](C(=O)OC(C)(C)C)[C@H](c1cccc(F)c1)N(Cc1ccccc1)[C@@H](C)c1ccccc1. The quantitative estimate of drug-likeness (QED) is 0.363. The van der Waals surface area contributed by atoms with Crippen LogP contribution in [0.4, 0.5) is 4.39 Å². The number of ether oxygens (including phenoxy) is 1. The van der Waals surface area contributed by atoms with Crippen molar-refractivity contribution < 1.29 is 15.3 Å². The van der Waals surface area contributed by atoms with E-state index in [1.54, 1.807) is 32.9 Å². The van der Waals surface area contributed by atoms with E-state index in [2.05, 4.69) is 4.90 Å². The Hall–Kier alpha value is -2.98. The largest absolute Gasteiger partial charge is 0.460 e. The van der Waals surface area contributed by atoms with E-state index < -0.39 is 29.8 Å². The zero-order valence-electron chi connectivity index (χ0n) is 20.2. The van der Waals surface area contributed by atoms with Crippen LogP contribution in [0.5, 0.6) is 0 Å². The molecule has 0 saturated carbocycles. The molecule has 3 atom stereocenters. The van der Waals surface area contributed by atoms with Crippen LogP contribution < -0.4 is 0 Å². The van der Waals surface area contributed by atoms with Crippen LogP contribution in [-0.2, 0) is 16.1 Å². The highest BCUT2D eigenvalue weighted by Gasteiger charge is 2.30. The van der Waals surface area contributed by atoms with Gasteiger partial charge in [-0.2, -0.15) is 0 Å². The van der Waals surface area contributed by atoms with E-state index in [1.165, 1.54) is 12.1 Å². The summed E-state index contributed by atoms with van der Waals surface area (Å²) in [6.07, 6.45) is -1.26. The van der Waals surface area contributed by atoms with E-state index >= 15 is 0 Å². The average Bonchev–Trinajstić information content (AvgIpc) is 2.78. The second kappa shape index (κ2) is 10.6. The van der Waals surface area contributed by atoms with Gasteiger partial charge in [0.1, 0.15) is 11.4 Å². The molecule has 0 radical (unpaired) electrons. The number of esters is 1. The van der Waals surface area contributed by atoms with Gasteiger partial charge in [0.05, 0.1) is 6.40 Å². The minimum Gasteiger partial charge on any atom is -0.460 e.